The molecule has 88 valence electrons. The monoisotopic (exact) mass is 214 g/mol. The molecule has 1 rings (SSSR count). The number of hydrogen-bond acceptors (Lipinski definition) is 3. The van der Waals surface area contributed by atoms with E-state index in [0.717, 1.165) is 38.8 Å². The molecule has 1 aliphatic rings. The fraction of sp³-hybridized carbons (Fsp3) is 0.909. The summed E-state index contributed by atoms with van der Waals surface area (Å²) in [5, 5.41) is 6.04. The van der Waals surface area contributed by atoms with Crippen molar-refractivity contribution in [3.8, 4) is 0 Å². The minimum absolute atomic E-state index is 0.184. The minimum atomic E-state index is -0.254. The van der Waals surface area contributed by atoms with Gasteiger partial charge in [-0.1, -0.05) is 6.92 Å². The maximum atomic E-state index is 11.2. The Labute approximate surface area is 91.8 Å². The maximum Gasteiger partial charge on any atom is 0.407 e. The molecule has 0 aromatic carbocycles. The van der Waals surface area contributed by atoms with Crippen molar-refractivity contribution in [3.63, 3.8) is 0 Å². The Morgan fingerprint density at radius 1 is 1.33 bits per heavy atom. The molecule has 1 saturated carbocycles. The van der Waals surface area contributed by atoms with Gasteiger partial charge in [-0.2, -0.15) is 0 Å². The van der Waals surface area contributed by atoms with Crippen LogP contribution in [0.15, 0.2) is 0 Å². The smallest absolute Gasteiger partial charge is 0.407 e. The summed E-state index contributed by atoms with van der Waals surface area (Å²) in [6.07, 6.45) is 5.30. The second-order valence-electron chi connectivity index (χ2n) is 3.99. The number of hydrogen-bond donors (Lipinski definition) is 2. The van der Waals surface area contributed by atoms with Crippen molar-refractivity contribution in [2.45, 2.75) is 45.1 Å². The summed E-state index contributed by atoms with van der Waals surface area (Å²) in [5.74, 6) is 0. The van der Waals surface area contributed by atoms with Crippen LogP contribution in [0.2, 0.25) is 0 Å². The van der Waals surface area contributed by atoms with Crippen molar-refractivity contribution in [2.75, 3.05) is 19.6 Å². The summed E-state index contributed by atoms with van der Waals surface area (Å²) in [6, 6.07) is 0. The topological polar surface area (TPSA) is 50.4 Å². The molecule has 1 aliphatic carbocycles. The van der Waals surface area contributed by atoms with E-state index >= 15 is 0 Å². The number of alkyl carbamates (subject to hydrolysis) is 1. The molecule has 1 amide bonds. The normalized spacial score (nSPS) is 15.8. The van der Waals surface area contributed by atoms with E-state index in [1.54, 1.807) is 0 Å². The number of amides is 1. The molecule has 0 spiro atoms. The second kappa shape index (κ2) is 7.51. The van der Waals surface area contributed by atoms with Crippen LogP contribution in [0.1, 0.15) is 39.0 Å². The van der Waals surface area contributed by atoms with Gasteiger partial charge in [-0.05, 0) is 45.2 Å². The molecule has 0 bridgehead atoms. The van der Waals surface area contributed by atoms with Crippen LogP contribution < -0.4 is 10.6 Å². The van der Waals surface area contributed by atoms with Gasteiger partial charge in [-0.3, -0.25) is 0 Å². The third kappa shape index (κ3) is 5.62. The maximum absolute atomic E-state index is 11.2. The van der Waals surface area contributed by atoms with Crippen molar-refractivity contribution in [3.05, 3.63) is 0 Å². The number of carbonyl (C=O) groups excluding carboxylic acids is 1. The molecule has 15 heavy (non-hydrogen) atoms. The lowest BCUT2D eigenvalue weighted by atomic mass is 9.96. The third-order valence-corrected chi connectivity index (χ3v) is 2.55. The highest BCUT2D eigenvalue weighted by Crippen LogP contribution is 2.21. The molecule has 4 heteroatoms. The first kappa shape index (κ1) is 12.3. The van der Waals surface area contributed by atoms with Crippen molar-refractivity contribution in [1.82, 2.24) is 10.6 Å². The van der Waals surface area contributed by atoms with Crippen molar-refractivity contribution in [1.29, 1.82) is 0 Å². The Bertz CT molecular complexity index is 181. The third-order valence-electron chi connectivity index (χ3n) is 2.55. The van der Waals surface area contributed by atoms with Gasteiger partial charge in [0.25, 0.3) is 0 Å². The zero-order chi connectivity index (χ0) is 10.9. The molecular weight excluding hydrogens is 192 g/mol. The quantitative estimate of drug-likeness (QED) is 0.634. The van der Waals surface area contributed by atoms with E-state index in [0.29, 0.717) is 6.54 Å². The molecule has 0 heterocycles. The summed E-state index contributed by atoms with van der Waals surface area (Å²) < 4.78 is 5.14. The first-order valence-electron chi connectivity index (χ1n) is 5.98. The first-order chi connectivity index (χ1) is 7.33. The van der Waals surface area contributed by atoms with Gasteiger partial charge >= 0.3 is 6.09 Å². The average Bonchev–Trinajstić information content (AvgIpc) is 2.17. The highest BCUT2D eigenvalue weighted by atomic mass is 16.6. The number of rotatable bonds is 7. The fourth-order valence-electron chi connectivity index (χ4n) is 1.39. The summed E-state index contributed by atoms with van der Waals surface area (Å²) in [6.45, 7) is 4.84. The average molecular weight is 214 g/mol. The Balaban J connectivity index is 1.83. The largest absolute Gasteiger partial charge is 0.446 e. The molecular formula is C11H22N2O2. The lowest BCUT2D eigenvalue weighted by Gasteiger charge is -2.25. The summed E-state index contributed by atoms with van der Waals surface area (Å²) >= 11 is 0. The summed E-state index contributed by atoms with van der Waals surface area (Å²) in [7, 11) is 0. The van der Waals surface area contributed by atoms with E-state index in [4.69, 9.17) is 4.74 Å². The van der Waals surface area contributed by atoms with Crippen LogP contribution in [0.3, 0.4) is 0 Å². The van der Waals surface area contributed by atoms with Crippen LogP contribution in [0.25, 0.3) is 0 Å². The number of ether oxygens (including phenoxy) is 1. The van der Waals surface area contributed by atoms with E-state index in [1.165, 1.54) is 6.42 Å². The van der Waals surface area contributed by atoms with Crippen LogP contribution in [-0.2, 0) is 4.74 Å². The fourth-order valence-corrected chi connectivity index (χ4v) is 1.39. The lowest BCUT2D eigenvalue weighted by Crippen LogP contribution is -2.33. The van der Waals surface area contributed by atoms with Gasteiger partial charge in [0.15, 0.2) is 0 Å². The molecule has 0 unspecified atom stereocenters. The predicted molar refractivity (Wildman–Crippen MR) is 59.9 cm³/mol. The highest BCUT2D eigenvalue weighted by molar-refractivity contribution is 5.67. The second-order valence-corrected chi connectivity index (χ2v) is 3.99. The van der Waals surface area contributed by atoms with Crippen LogP contribution in [0.4, 0.5) is 4.79 Å². The molecule has 4 nitrogen and oxygen atoms in total. The molecule has 1 fully saturated rings. The molecule has 2 N–H and O–H groups in total. The lowest BCUT2D eigenvalue weighted by molar-refractivity contribution is 0.0525. The first-order valence-corrected chi connectivity index (χ1v) is 5.98. The zero-order valence-corrected chi connectivity index (χ0v) is 9.55. The van der Waals surface area contributed by atoms with E-state index in [9.17, 15) is 4.79 Å². The van der Waals surface area contributed by atoms with Crippen molar-refractivity contribution < 1.29 is 9.53 Å². The van der Waals surface area contributed by atoms with Crippen LogP contribution in [0.5, 0.6) is 0 Å². The van der Waals surface area contributed by atoms with Crippen molar-refractivity contribution >= 4 is 6.09 Å². The molecule has 0 aromatic rings. The van der Waals surface area contributed by atoms with Gasteiger partial charge in [-0.15, -0.1) is 0 Å². The zero-order valence-electron chi connectivity index (χ0n) is 9.55. The van der Waals surface area contributed by atoms with Gasteiger partial charge < -0.3 is 15.4 Å². The van der Waals surface area contributed by atoms with Gasteiger partial charge in [0, 0.05) is 6.54 Å². The molecule has 0 atom stereocenters. The van der Waals surface area contributed by atoms with Crippen molar-refractivity contribution in [2.24, 2.45) is 0 Å². The SMILES string of the molecule is CCCNCCCNC(=O)OC1CCC1. The Hall–Kier alpha value is -0.770. The summed E-state index contributed by atoms with van der Waals surface area (Å²) in [5.41, 5.74) is 0. The summed E-state index contributed by atoms with van der Waals surface area (Å²) in [4.78, 5) is 11.2. The molecule has 0 saturated heterocycles. The van der Waals surface area contributed by atoms with E-state index in [1.807, 2.05) is 0 Å². The van der Waals surface area contributed by atoms with E-state index in [-0.39, 0.29) is 12.2 Å². The van der Waals surface area contributed by atoms with Gasteiger partial charge in [0.1, 0.15) is 6.10 Å². The number of carbonyl (C=O) groups is 1. The number of nitrogens with one attached hydrogen (secondary N) is 2. The minimum Gasteiger partial charge on any atom is -0.446 e. The Morgan fingerprint density at radius 3 is 2.73 bits per heavy atom. The van der Waals surface area contributed by atoms with Crippen LogP contribution in [0, 0.1) is 0 Å². The molecule has 0 aliphatic heterocycles. The van der Waals surface area contributed by atoms with Gasteiger partial charge in [0.05, 0.1) is 0 Å². The van der Waals surface area contributed by atoms with Crippen LogP contribution in [-0.4, -0.2) is 31.8 Å². The Kier molecular flexibility index (Phi) is 6.16. The van der Waals surface area contributed by atoms with E-state index in [2.05, 4.69) is 17.6 Å². The molecule has 0 aromatic heterocycles. The van der Waals surface area contributed by atoms with Crippen LogP contribution >= 0.6 is 0 Å². The van der Waals surface area contributed by atoms with Gasteiger partial charge in [-0.25, -0.2) is 4.79 Å². The standard InChI is InChI=1S/C11H22N2O2/c1-2-7-12-8-4-9-13-11(14)15-10-5-3-6-10/h10,12H,2-9H2,1H3,(H,13,14). The van der Waals surface area contributed by atoms with Gasteiger partial charge in [0.2, 0.25) is 0 Å². The highest BCUT2D eigenvalue weighted by Gasteiger charge is 2.21. The Morgan fingerprint density at radius 2 is 2.13 bits per heavy atom. The van der Waals surface area contributed by atoms with E-state index < -0.39 is 0 Å². The molecule has 0 radical (unpaired) electrons. The predicted octanol–water partition coefficient (Wildman–Crippen LogP) is 1.65.